The van der Waals surface area contributed by atoms with Crippen LogP contribution in [-0.2, 0) is 13.2 Å². The molecule has 0 saturated heterocycles. The first-order valence-corrected chi connectivity index (χ1v) is 6.00. The van der Waals surface area contributed by atoms with Gasteiger partial charge in [-0.1, -0.05) is 11.6 Å². The van der Waals surface area contributed by atoms with Gasteiger partial charge >= 0.3 is 6.18 Å². The number of hydrogen-bond acceptors (Lipinski definition) is 4. The Morgan fingerprint density at radius 3 is 2.60 bits per heavy atom. The number of anilines is 1. The Labute approximate surface area is 117 Å². The van der Waals surface area contributed by atoms with E-state index in [1.165, 1.54) is 6.33 Å². The first-order chi connectivity index (χ1) is 9.29. The largest absolute Gasteiger partial charge is 0.417 e. The Kier molecular flexibility index (Phi) is 3.85. The molecule has 2 aromatic rings. The number of halogens is 4. The summed E-state index contributed by atoms with van der Waals surface area (Å²) >= 11 is 5.81. The number of aromatic nitrogens is 4. The third-order valence-corrected chi connectivity index (χ3v) is 2.94. The van der Waals surface area contributed by atoms with Gasteiger partial charge in [-0.05, 0) is 13.0 Å². The zero-order valence-electron chi connectivity index (χ0n) is 10.6. The maximum Gasteiger partial charge on any atom is 0.417 e. The topological polar surface area (TPSA) is 55.6 Å². The lowest BCUT2D eigenvalue weighted by Gasteiger charge is -2.15. The van der Waals surface area contributed by atoms with E-state index >= 15 is 0 Å². The standard InChI is InChI=1S/C11H11ClF3N5/c1-6(10-19-17-5-20(10)2)18-9-8(12)3-7(4-16-9)11(13,14)15/h3-6H,1-2H3,(H,16,18)/t6-/m0/s1. The Hall–Kier alpha value is -1.83. The van der Waals surface area contributed by atoms with Crippen molar-refractivity contribution in [3.63, 3.8) is 0 Å². The average Bonchev–Trinajstić information content (AvgIpc) is 2.76. The minimum absolute atomic E-state index is 0.103. The van der Waals surface area contributed by atoms with E-state index < -0.39 is 11.7 Å². The Morgan fingerprint density at radius 1 is 1.40 bits per heavy atom. The molecule has 9 heteroatoms. The van der Waals surface area contributed by atoms with Crippen LogP contribution in [0.15, 0.2) is 18.6 Å². The summed E-state index contributed by atoms with van der Waals surface area (Å²) in [5.41, 5.74) is -0.889. The number of pyridine rings is 1. The number of hydrogen-bond donors (Lipinski definition) is 1. The van der Waals surface area contributed by atoms with E-state index in [0.29, 0.717) is 5.82 Å². The molecule has 1 N–H and O–H groups in total. The van der Waals surface area contributed by atoms with Gasteiger partial charge in [0, 0.05) is 13.2 Å². The van der Waals surface area contributed by atoms with Gasteiger partial charge in [-0.25, -0.2) is 4.98 Å². The van der Waals surface area contributed by atoms with E-state index in [-0.39, 0.29) is 16.9 Å². The zero-order chi connectivity index (χ0) is 14.9. The molecule has 108 valence electrons. The molecular formula is C11H11ClF3N5. The van der Waals surface area contributed by atoms with Crippen LogP contribution in [0.1, 0.15) is 24.4 Å². The summed E-state index contributed by atoms with van der Waals surface area (Å²) in [6.45, 7) is 1.78. The van der Waals surface area contributed by atoms with Crippen LogP contribution in [0.4, 0.5) is 19.0 Å². The van der Waals surface area contributed by atoms with E-state index in [0.717, 1.165) is 12.3 Å². The molecule has 20 heavy (non-hydrogen) atoms. The van der Waals surface area contributed by atoms with Crippen LogP contribution in [-0.4, -0.2) is 19.7 Å². The summed E-state index contributed by atoms with van der Waals surface area (Å²) in [4.78, 5) is 3.70. The van der Waals surface area contributed by atoms with Crippen molar-refractivity contribution in [2.75, 3.05) is 5.32 Å². The second-order valence-electron chi connectivity index (χ2n) is 4.22. The van der Waals surface area contributed by atoms with E-state index in [2.05, 4.69) is 20.5 Å². The molecule has 5 nitrogen and oxygen atoms in total. The van der Waals surface area contributed by atoms with E-state index in [1.54, 1.807) is 18.5 Å². The predicted octanol–water partition coefficient (Wildman–Crippen LogP) is 3.06. The van der Waals surface area contributed by atoms with Gasteiger partial charge < -0.3 is 9.88 Å². The fourth-order valence-electron chi connectivity index (χ4n) is 1.65. The summed E-state index contributed by atoms with van der Waals surface area (Å²) < 4.78 is 39.2. The molecule has 0 aliphatic heterocycles. The van der Waals surface area contributed by atoms with Crippen molar-refractivity contribution in [3.8, 4) is 0 Å². The van der Waals surface area contributed by atoms with Crippen molar-refractivity contribution >= 4 is 17.4 Å². The predicted molar refractivity (Wildman–Crippen MR) is 67.3 cm³/mol. The van der Waals surface area contributed by atoms with Gasteiger partial charge in [-0.15, -0.1) is 10.2 Å². The van der Waals surface area contributed by atoms with Gasteiger partial charge in [0.2, 0.25) is 0 Å². The van der Waals surface area contributed by atoms with Crippen LogP contribution in [0, 0.1) is 0 Å². The lowest BCUT2D eigenvalue weighted by molar-refractivity contribution is -0.137. The highest BCUT2D eigenvalue weighted by molar-refractivity contribution is 6.32. The van der Waals surface area contributed by atoms with E-state index in [1.807, 2.05) is 0 Å². The lowest BCUT2D eigenvalue weighted by atomic mass is 10.2. The van der Waals surface area contributed by atoms with Crippen molar-refractivity contribution in [2.45, 2.75) is 19.1 Å². The molecule has 0 unspecified atom stereocenters. The molecule has 0 aliphatic carbocycles. The van der Waals surface area contributed by atoms with Crippen LogP contribution in [0.25, 0.3) is 0 Å². The highest BCUT2D eigenvalue weighted by Gasteiger charge is 2.31. The van der Waals surface area contributed by atoms with Crippen LogP contribution in [0.2, 0.25) is 5.02 Å². The molecule has 1 atom stereocenters. The minimum Gasteiger partial charge on any atom is -0.359 e. The SMILES string of the molecule is C[C@H](Nc1ncc(C(F)(F)F)cc1Cl)c1nncn1C. The molecule has 0 bridgehead atoms. The molecular weight excluding hydrogens is 295 g/mol. The van der Waals surface area contributed by atoms with Crippen molar-refractivity contribution in [1.29, 1.82) is 0 Å². The van der Waals surface area contributed by atoms with Gasteiger partial charge in [0.15, 0.2) is 5.82 Å². The number of nitrogens with zero attached hydrogens (tertiary/aromatic N) is 4. The number of rotatable bonds is 3. The highest BCUT2D eigenvalue weighted by atomic mass is 35.5. The zero-order valence-corrected chi connectivity index (χ0v) is 11.4. The van der Waals surface area contributed by atoms with E-state index in [9.17, 15) is 13.2 Å². The van der Waals surface area contributed by atoms with Gasteiger partial charge in [0.05, 0.1) is 16.6 Å². The lowest BCUT2D eigenvalue weighted by Crippen LogP contribution is -2.14. The van der Waals surface area contributed by atoms with E-state index in [4.69, 9.17) is 11.6 Å². The third kappa shape index (κ3) is 3.01. The maximum atomic E-state index is 12.5. The Morgan fingerprint density at radius 2 is 2.10 bits per heavy atom. The summed E-state index contributed by atoms with van der Waals surface area (Å²) in [7, 11) is 1.76. The summed E-state index contributed by atoms with van der Waals surface area (Å²) in [5, 5.41) is 10.4. The minimum atomic E-state index is -4.47. The molecule has 2 aromatic heterocycles. The highest BCUT2D eigenvalue weighted by Crippen LogP contribution is 2.33. The van der Waals surface area contributed by atoms with Crippen molar-refractivity contribution in [1.82, 2.24) is 19.7 Å². The quantitative estimate of drug-likeness (QED) is 0.947. The molecule has 0 amide bonds. The van der Waals surface area contributed by atoms with Crippen molar-refractivity contribution in [2.24, 2.45) is 7.05 Å². The van der Waals surface area contributed by atoms with Crippen molar-refractivity contribution in [3.05, 3.63) is 35.0 Å². The molecule has 0 aliphatic rings. The molecule has 0 radical (unpaired) electrons. The normalized spacial score (nSPS) is 13.3. The first kappa shape index (κ1) is 14.6. The number of nitrogens with one attached hydrogen (secondary N) is 1. The molecule has 2 heterocycles. The van der Waals surface area contributed by atoms with Gasteiger partial charge in [0.25, 0.3) is 0 Å². The van der Waals surface area contributed by atoms with Gasteiger partial charge in [-0.2, -0.15) is 13.2 Å². The number of alkyl halides is 3. The summed E-state index contributed by atoms with van der Waals surface area (Å²) in [6, 6.07) is 0.532. The fraction of sp³-hybridized carbons (Fsp3) is 0.364. The van der Waals surface area contributed by atoms with Crippen LogP contribution in [0.3, 0.4) is 0 Å². The van der Waals surface area contributed by atoms with Crippen molar-refractivity contribution < 1.29 is 13.2 Å². The summed E-state index contributed by atoms with van der Waals surface area (Å²) in [6.07, 6.45) is -2.21. The number of aryl methyl sites for hydroxylation is 1. The molecule has 0 spiro atoms. The molecule has 0 fully saturated rings. The second kappa shape index (κ2) is 5.28. The fourth-order valence-corrected chi connectivity index (χ4v) is 1.87. The van der Waals surface area contributed by atoms with Crippen LogP contribution < -0.4 is 5.32 Å². The maximum absolute atomic E-state index is 12.5. The smallest absolute Gasteiger partial charge is 0.359 e. The average molecular weight is 306 g/mol. The van der Waals surface area contributed by atoms with Crippen LogP contribution in [0.5, 0.6) is 0 Å². The first-order valence-electron chi connectivity index (χ1n) is 5.62. The van der Waals surface area contributed by atoms with Gasteiger partial charge in [-0.3, -0.25) is 0 Å². The van der Waals surface area contributed by atoms with Crippen LogP contribution >= 0.6 is 11.6 Å². The molecule has 0 aromatic carbocycles. The molecule has 0 saturated carbocycles. The van der Waals surface area contributed by atoms with Gasteiger partial charge in [0.1, 0.15) is 12.1 Å². The second-order valence-corrected chi connectivity index (χ2v) is 4.63. The Bertz CT molecular complexity index is 610. The third-order valence-electron chi connectivity index (χ3n) is 2.66. The monoisotopic (exact) mass is 305 g/mol. The summed E-state index contributed by atoms with van der Waals surface area (Å²) in [5.74, 6) is 0.776. The Balaban J connectivity index is 2.21. The molecule has 2 rings (SSSR count).